The molecule has 3 aromatic heterocycles. The summed E-state index contributed by atoms with van der Waals surface area (Å²) in [6, 6.07) is 15.7. The Morgan fingerprint density at radius 3 is 2.39 bits per heavy atom. The monoisotopic (exact) mass is 531 g/mol. The summed E-state index contributed by atoms with van der Waals surface area (Å²) in [5, 5.41) is 9.58. The molecule has 0 unspecified atom stereocenters. The Balaban J connectivity index is 1.61. The highest BCUT2D eigenvalue weighted by Gasteiger charge is 2.32. The fourth-order valence-electron chi connectivity index (χ4n) is 3.49. The van der Waals surface area contributed by atoms with Gasteiger partial charge in [0, 0.05) is 21.8 Å². The van der Waals surface area contributed by atoms with Crippen LogP contribution in [0.15, 0.2) is 77.9 Å². The summed E-state index contributed by atoms with van der Waals surface area (Å²) in [6.07, 6.45) is -2.05. The number of hydrogen-bond donors (Lipinski definition) is 0. The standard InChI is InChI=1S/C24H14Cl2F3N5O2/c25-16-7-5-15(6-8-16)19-12-31-34-22(21(19)36-18-3-1-2-17(26)10-18)32-33(23(34)35)13-14-4-9-20(30-11-14)24(27,28)29/h1-12H,13H2. The van der Waals surface area contributed by atoms with Gasteiger partial charge in [0.1, 0.15) is 11.4 Å². The van der Waals surface area contributed by atoms with Crippen LogP contribution in [0.4, 0.5) is 13.2 Å². The van der Waals surface area contributed by atoms with E-state index in [1.807, 2.05) is 0 Å². The van der Waals surface area contributed by atoms with E-state index < -0.39 is 17.6 Å². The van der Waals surface area contributed by atoms with Gasteiger partial charge in [0.15, 0.2) is 5.75 Å². The Bertz CT molecular complexity index is 1610. The van der Waals surface area contributed by atoms with Crippen molar-refractivity contribution in [3.8, 4) is 22.6 Å². The summed E-state index contributed by atoms with van der Waals surface area (Å²) in [5.74, 6) is 0.635. The molecule has 0 saturated carbocycles. The van der Waals surface area contributed by atoms with Crippen LogP contribution < -0.4 is 10.4 Å². The predicted molar refractivity (Wildman–Crippen MR) is 128 cm³/mol. The summed E-state index contributed by atoms with van der Waals surface area (Å²) in [4.78, 5) is 16.5. The van der Waals surface area contributed by atoms with Gasteiger partial charge in [-0.25, -0.2) is 9.48 Å². The lowest BCUT2D eigenvalue weighted by atomic mass is 10.1. The zero-order valence-electron chi connectivity index (χ0n) is 18.1. The molecular weight excluding hydrogens is 518 g/mol. The van der Waals surface area contributed by atoms with E-state index in [-0.39, 0.29) is 17.9 Å². The minimum absolute atomic E-state index is 0.104. The first-order valence-corrected chi connectivity index (χ1v) is 11.1. The first-order valence-electron chi connectivity index (χ1n) is 10.4. The second kappa shape index (κ2) is 9.29. The second-order valence-corrected chi connectivity index (χ2v) is 8.55. The van der Waals surface area contributed by atoms with Crippen LogP contribution in [0.1, 0.15) is 11.3 Å². The van der Waals surface area contributed by atoms with Crippen molar-refractivity contribution in [3.63, 3.8) is 0 Å². The van der Waals surface area contributed by atoms with E-state index in [0.717, 1.165) is 21.5 Å². The summed E-state index contributed by atoms with van der Waals surface area (Å²) in [5.41, 5.74) is 0.0625. The molecule has 3 heterocycles. The molecule has 0 atom stereocenters. The molecule has 0 fully saturated rings. The van der Waals surface area contributed by atoms with Crippen molar-refractivity contribution in [1.29, 1.82) is 0 Å². The van der Waals surface area contributed by atoms with Crippen LogP contribution >= 0.6 is 23.2 Å². The van der Waals surface area contributed by atoms with Gasteiger partial charge in [0.25, 0.3) is 0 Å². The van der Waals surface area contributed by atoms with Crippen LogP contribution in [0.25, 0.3) is 16.8 Å². The maximum absolute atomic E-state index is 13.0. The normalized spacial score (nSPS) is 11.7. The lowest BCUT2D eigenvalue weighted by Crippen LogP contribution is -2.23. The first-order chi connectivity index (χ1) is 17.2. The Labute approximate surface area is 211 Å². The quantitative estimate of drug-likeness (QED) is 0.273. The van der Waals surface area contributed by atoms with Crippen molar-refractivity contribution in [3.05, 3.63) is 105 Å². The van der Waals surface area contributed by atoms with E-state index in [1.165, 1.54) is 12.3 Å². The fourth-order valence-corrected chi connectivity index (χ4v) is 3.79. The van der Waals surface area contributed by atoms with Gasteiger partial charge in [0.05, 0.1) is 12.7 Å². The molecule has 36 heavy (non-hydrogen) atoms. The van der Waals surface area contributed by atoms with Gasteiger partial charge in [-0.15, -0.1) is 5.10 Å². The van der Waals surface area contributed by atoms with Crippen LogP contribution in [0, 0.1) is 0 Å². The van der Waals surface area contributed by atoms with Gasteiger partial charge in [-0.3, -0.25) is 4.98 Å². The molecule has 2 aromatic carbocycles. The first kappa shape index (κ1) is 23.8. The van der Waals surface area contributed by atoms with E-state index in [0.29, 0.717) is 32.5 Å². The van der Waals surface area contributed by atoms with Gasteiger partial charge in [-0.05, 0) is 47.5 Å². The maximum Gasteiger partial charge on any atom is 0.433 e. The third-order valence-electron chi connectivity index (χ3n) is 5.19. The van der Waals surface area contributed by atoms with Crippen molar-refractivity contribution in [2.75, 3.05) is 0 Å². The topological polar surface area (TPSA) is 74.3 Å². The van der Waals surface area contributed by atoms with Gasteiger partial charge in [0.2, 0.25) is 5.65 Å². The van der Waals surface area contributed by atoms with E-state index in [2.05, 4.69) is 15.2 Å². The largest absolute Gasteiger partial charge is 0.453 e. The van der Waals surface area contributed by atoms with Crippen molar-refractivity contribution in [1.82, 2.24) is 24.4 Å². The van der Waals surface area contributed by atoms with Crippen molar-refractivity contribution in [2.45, 2.75) is 12.7 Å². The van der Waals surface area contributed by atoms with Crippen LogP contribution in [0.5, 0.6) is 11.5 Å². The predicted octanol–water partition coefficient (Wildman–Crippen LogP) is 6.12. The average Bonchev–Trinajstić information content (AvgIpc) is 3.15. The van der Waals surface area contributed by atoms with Gasteiger partial charge >= 0.3 is 11.9 Å². The van der Waals surface area contributed by atoms with Crippen LogP contribution in [0.2, 0.25) is 10.0 Å². The molecule has 0 N–H and O–H groups in total. The van der Waals surface area contributed by atoms with Gasteiger partial charge in [-0.2, -0.15) is 22.8 Å². The number of fused-ring (bicyclic) bond motifs is 1. The number of ether oxygens (including phenoxy) is 1. The minimum atomic E-state index is -4.56. The number of alkyl halides is 3. The molecule has 0 aliphatic rings. The zero-order chi connectivity index (χ0) is 25.4. The average molecular weight is 532 g/mol. The highest BCUT2D eigenvalue weighted by Crippen LogP contribution is 2.36. The highest BCUT2D eigenvalue weighted by atomic mass is 35.5. The van der Waals surface area contributed by atoms with E-state index in [9.17, 15) is 18.0 Å². The Hall–Kier alpha value is -3.89. The number of hydrogen-bond acceptors (Lipinski definition) is 5. The molecule has 0 saturated heterocycles. The maximum atomic E-state index is 13.0. The fraction of sp³-hybridized carbons (Fsp3) is 0.0833. The number of pyridine rings is 1. The molecule has 0 aliphatic carbocycles. The molecule has 0 radical (unpaired) electrons. The van der Waals surface area contributed by atoms with Crippen LogP contribution in [-0.4, -0.2) is 24.4 Å². The molecule has 5 rings (SSSR count). The SMILES string of the molecule is O=c1n(Cc2ccc(C(F)(F)F)nc2)nc2c(Oc3cccc(Cl)c3)c(-c3ccc(Cl)cc3)cnn12. The Morgan fingerprint density at radius 2 is 1.72 bits per heavy atom. The minimum Gasteiger partial charge on any atom is -0.453 e. The number of nitrogens with zero attached hydrogens (tertiary/aromatic N) is 5. The summed E-state index contributed by atoms with van der Waals surface area (Å²) in [7, 11) is 0. The molecule has 5 aromatic rings. The Morgan fingerprint density at radius 1 is 0.944 bits per heavy atom. The lowest BCUT2D eigenvalue weighted by Gasteiger charge is -2.12. The Kier molecular flexibility index (Phi) is 6.15. The number of halogens is 5. The number of benzene rings is 2. The van der Waals surface area contributed by atoms with Crippen molar-refractivity contribution >= 4 is 28.8 Å². The third-order valence-corrected chi connectivity index (χ3v) is 5.67. The summed E-state index contributed by atoms with van der Waals surface area (Å²) < 4.78 is 46.7. The molecule has 0 spiro atoms. The molecule has 0 amide bonds. The smallest absolute Gasteiger partial charge is 0.433 e. The molecule has 12 heteroatoms. The molecule has 0 aliphatic heterocycles. The third kappa shape index (κ3) is 4.77. The van der Waals surface area contributed by atoms with Crippen molar-refractivity contribution in [2.24, 2.45) is 0 Å². The van der Waals surface area contributed by atoms with Crippen LogP contribution in [-0.2, 0) is 12.7 Å². The summed E-state index contributed by atoms with van der Waals surface area (Å²) >= 11 is 12.1. The molecule has 182 valence electrons. The van der Waals surface area contributed by atoms with E-state index in [4.69, 9.17) is 27.9 Å². The highest BCUT2D eigenvalue weighted by molar-refractivity contribution is 6.31. The number of aromatic nitrogens is 5. The second-order valence-electron chi connectivity index (χ2n) is 7.68. The zero-order valence-corrected chi connectivity index (χ0v) is 19.6. The molecular formula is C24H14Cl2F3N5O2. The number of rotatable bonds is 5. The lowest BCUT2D eigenvalue weighted by molar-refractivity contribution is -0.141. The molecule has 0 bridgehead atoms. The van der Waals surface area contributed by atoms with E-state index in [1.54, 1.807) is 48.5 Å². The van der Waals surface area contributed by atoms with Gasteiger partial charge in [-0.1, -0.05) is 47.5 Å². The summed E-state index contributed by atoms with van der Waals surface area (Å²) in [6.45, 7) is -0.125. The van der Waals surface area contributed by atoms with Crippen molar-refractivity contribution < 1.29 is 17.9 Å². The van der Waals surface area contributed by atoms with E-state index >= 15 is 0 Å². The molecule has 7 nitrogen and oxygen atoms in total. The van der Waals surface area contributed by atoms with Crippen LogP contribution in [0.3, 0.4) is 0 Å². The van der Waals surface area contributed by atoms with Gasteiger partial charge < -0.3 is 4.74 Å².